The Kier molecular flexibility index (Phi) is 1.34. The molecule has 1 aromatic heterocycles. The van der Waals surface area contributed by atoms with Crippen molar-refractivity contribution in [1.29, 1.82) is 0 Å². The minimum Gasteiger partial charge on any atom is -0.317 e. The maximum atomic E-state index is 4.61. The van der Waals surface area contributed by atoms with E-state index in [4.69, 9.17) is 0 Å². The molecule has 0 fully saturated rings. The van der Waals surface area contributed by atoms with E-state index in [1.165, 1.54) is 5.37 Å². The van der Waals surface area contributed by atoms with Crippen LogP contribution in [0.3, 0.4) is 0 Å². The fraction of sp³-hybridized carbons (Fsp3) is 0.250. The fourth-order valence-corrected chi connectivity index (χ4v) is 0.612. The summed E-state index contributed by atoms with van der Waals surface area (Å²) in [6.45, 7) is 0. The van der Waals surface area contributed by atoms with E-state index in [1.807, 2.05) is 7.05 Å². The van der Waals surface area contributed by atoms with Crippen molar-refractivity contribution >= 4 is 17.6 Å². The molecule has 1 rings (SSSR count). The van der Waals surface area contributed by atoms with Gasteiger partial charge >= 0.3 is 0 Å². The molecule has 0 saturated heterocycles. The van der Waals surface area contributed by atoms with Crippen molar-refractivity contribution in [2.45, 2.75) is 0 Å². The maximum Gasteiger partial charge on any atom is 0.167 e. The number of thiocarbonyl (C=S) groups is 1. The highest BCUT2D eigenvalue weighted by Gasteiger charge is 1.90. The second-order valence-electron chi connectivity index (χ2n) is 1.42. The van der Waals surface area contributed by atoms with Crippen molar-refractivity contribution in [2.75, 3.05) is 0 Å². The van der Waals surface area contributed by atoms with Gasteiger partial charge in [0, 0.05) is 12.4 Å². The third kappa shape index (κ3) is 0.742. The first kappa shape index (κ1) is 5.37. The molecule has 0 saturated carbocycles. The summed E-state index contributed by atoms with van der Waals surface area (Å²) in [5.41, 5.74) is 0. The van der Waals surface area contributed by atoms with Crippen molar-refractivity contribution in [1.82, 2.24) is 14.8 Å². The number of hydrogen-bond donors (Lipinski definition) is 0. The Morgan fingerprint density at radius 3 is 2.88 bits per heavy atom. The van der Waals surface area contributed by atoms with Crippen LogP contribution < -0.4 is 0 Å². The van der Waals surface area contributed by atoms with Crippen LogP contribution in [0.5, 0.6) is 0 Å². The van der Waals surface area contributed by atoms with Gasteiger partial charge in [-0.2, -0.15) is 0 Å². The number of hydrogen-bond acceptors (Lipinski definition) is 3. The summed E-state index contributed by atoms with van der Waals surface area (Å²) in [7, 11) is 1.85. The van der Waals surface area contributed by atoms with Crippen LogP contribution in [0.1, 0.15) is 5.82 Å². The van der Waals surface area contributed by atoms with Gasteiger partial charge < -0.3 is 4.57 Å². The first-order valence-electron chi connectivity index (χ1n) is 2.14. The Bertz CT molecular complexity index is 193. The van der Waals surface area contributed by atoms with Gasteiger partial charge in [-0.3, -0.25) is 0 Å². The van der Waals surface area contributed by atoms with Crippen molar-refractivity contribution < 1.29 is 0 Å². The molecular weight excluding hydrogens is 122 g/mol. The summed E-state index contributed by atoms with van der Waals surface area (Å²) in [5, 5.41) is 8.79. The normalized spacial score (nSPS) is 9.12. The lowest BCUT2D eigenvalue weighted by Gasteiger charge is -1.85. The second-order valence-corrected chi connectivity index (χ2v) is 1.65. The number of aryl methyl sites for hydroxylation is 1. The van der Waals surface area contributed by atoms with Crippen LogP contribution in [0.25, 0.3) is 0 Å². The molecule has 3 nitrogen and oxygen atoms in total. The summed E-state index contributed by atoms with van der Waals surface area (Å²) >= 11 is 4.61. The van der Waals surface area contributed by atoms with Crippen molar-refractivity contribution in [2.24, 2.45) is 7.05 Å². The van der Waals surface area contributed by atoms with Gasteiger partial charge in [0.25, 0.3) is 0 Å². The molecule has 1 aromatic rings. The summed E-state index contributed by atoms with van der Waals surface area (Å²) in [4.78, 5) is 0. The third-order valence-corrected chi connectivity index (χ3v) is 1.06. The average molecular weight is 127 g/mol. The molecule has 0 aromatic carbocycles. The van der Waals surface area contributed by atoms with Gasteiger partial charge in [-0.25, -0.2) is 0 Å². The van der Waals surface area contributed by atoms with E-state index in [0.717, 1.165) is 5.82 Å². The average Bonchev–Trinajstić information content (AvgIpc) is 2.14. The largest absolute Gasteiger partial charge is 0.317 e. The molecular formula is C4H5N3S. The monoisotopic (exact) mass is 127 g/mol. The van der Waals surface area contributed by atoms with Crippen molar-refractivity contribution in [3.05, 3.63) is 12.2 Å². The molecule has 0 aliphatic rings. The zero-order chi connectivity index (χ0) is 5.98. The SMILES string of the molecule is Cn1cnnc1C=S. The van der Waals surface area contributed by atoms with Crippen LogP contribution in [0.4, 0.5) is 0 Å². The van der Waals surface area contributed by atoms with Gasteiger partial charge in [0.1, 0.15) is 6.33 Å². The molecule has 4 heteroatoms. The molecule has 0 bridgehead atoms. The van der Waals surface area contributed by atoms with Crippen LogP contribution in [0, 0.1) is 0 Å². The molecule has 0 atom stereocenters. The predicted molar refractivity (Wildman–Crippen MR) is 33.8 cm³/mol. The van der Waals surface area contributed by atoms with Gasteiger partial charge in [0.2, 0.25) is 0 Å². The quantitative estimate of drug-likeness (QED) is 0.503. The predicted octanol–water partition coefficient (Wildman–Crippen LogP) is 0.163. The molecule has 0 unspecified atom stereocenters. The minimum atomic E-state index is 0.722. The zero-order valence-electron chi connectivity index (χ0n) is 4.40. The first-order valence-corrected chi connectivity index (χ1v) is 2.61. The third-order valence-electron chi connectivity index (χ3n) is 0.852. The standard InChI is InChI=1S/C4H5N3S/c1-7-3-5-6-4(7)2-8/h2-3H,1H3. The summed E-state index contributed by atoms with van der Waals surface area (Å²) in [6.07, 6.45) is 1.61. The van der Waals surface area contributed by atoms with Crippen LogP contribution in [0.2, 0.25) is 0 Å². The highest BCUT2D eigenvalue weighted by molar-refractivity contribution is 7.79. The Balaban J connectivity index is 3.09. The van der Waals surface area contributed by atoms with E-state index in [2.05, 4.69) is 22.4 Å². The molecule has 8 heavy (non-hydrogen) atoms. The van der Waals surface area contributed by atoms with E-state index < -0.39 is 0 Å². The summed E-state index contributed by atoms with van der Waals surface area (Å²) < 4.78 is 1.76. The first-order chi connectivity index (χ1) is 3.84. The lowest BCUT2D eigenvalue weighted by molar-refractivity contribution is 0.902. The van der Waals surface area contributed by atoms with E-state index in [0.29, 0.717) is 0 Å². The van der Waals surface area contributed by atoms with Crippen LogP contribution in [-0.4, -0.2) is 20.1 Å². The molecule has 1 heterocycles. The number of nitrogens with zero attached hydrogens (tertiary/aromatic N) is 3. The van der Waals surface area contributed by atoms with E-state index in [-0.39, 0.29) is 0 Å². The maximum absolute atomic E-state index is 4.61. The minimum absolute atomic E-state index is 0.722. The Morgan fingerprint density at radius 1 is 1.88 bits per heavy atom. The lowest BCUT2D eigenvalue weighted by atomic mass is 10.7. The van der Waals surface area contributed by atoms with E-state index >= 15 is 0 Å². The van der Waals surface area contributed by atoms with Gasteiger partial charge in [0.05, 0.1) is 0 Å². The van der Waals surface area contributed by atoms with Crippen LogP contribution in [-0.2, 0) is 7.05 Å². The van der Waals surface area contributed by atoms with Crippen LogP contribution in [0.15, 0.2) is 6.33 Å². The lowest BCUT2D eigenvalue weighted by Crippen LogP contribution is -1.92. The fourth-order valence-electron chi connectivity index (χ4n) is 0.399. The highest BCUT2D eigenvalue weighted by atomic mass is 32.1. The molecule has 42 valence electrons. The van der Waals surface area contributed by atoms with Crippen LogP contribution >= 0.6 is 12.2 Å². The van der Waals surface area contributed by atoms with Gasteiger partial charge in [-0.05, 0) is 0 Å². The molecule has 0 amide bonds. The summed E-state index contributed by atoms with van der Waals surface area (Å²) in [6, 6.07) is 0. The molecule has 0 radical (unpaired) electrons. The zero-order valence-corrected chi connectivity index (χ0v) is 5.22. The molecule has 0 spiro atoms. The Morgan fingerprint density at radius 2 is 2.62 bits per heavy atom. The van der Waals surface area contributed by atoms with Gasteiger partial charge in [-0.1, -0.05) is 12.2 Å². The number of rotatable bonds is 1. The number of aromatic nitrogens is 3. The molecule has 0 aliphatic carbocycles. The highest BCUT2D eigenvalue weighted by Crippen LogP contribution is 1.83. The molecule has 0 aliphatic heterocycles. The topological polar surface area (TPSA) is 30.7 Å². The van der Waals surface area contributed by atoms with E-state index in [9.17, 15) is 0 Å². The summed E-state index contributed by atoms with van der Waals surface area (Å²) in [5.74, 6) is 0.722. The Labute approximate surface area is 52.3 Å². The van der Waals surface area contributed by atoms with Gasteiger partial charge in [0.15, 0.2) is 5.82 Å². The van der Waals surface area contributed by atoms with E-state index in [1.54, 1.807) is 10.9 Å². The smallest absolute Gasteiger partial charge is 0.167 e. The van der Waals surface area contributed by atoms with Crippen molar-refractivity contribution in [3.63, 3.8) is 0 Å². The van der Waals surface area contributed by atoms with Gasteiger partial charge in [-0.15, -0.1) is 10.2 Å². The Hall–Kier alpha value is -0.770. The van der Waals surface area contributed by atoms with Crippen molar-refractivity contribution in [3.8, 4) is 0 Å². The molecule has 0 N–H and O–H groups in total. The second kappa shape index (κ2) is 2.00.